The number of nitrogens with zero attached hydrogens (tertiary/aromatic N) is 3. The number of benzene rings is 2. The Labute approximate surface area is 179 Å². The SMILES string of the molecule is Cc1ncc(-c2[c-]cccc2)[c-]c1-c1n(-c2ccccc2)cc[n+]1C.[Y]. The molecule has 0 spiro atoms. The summed E-state index contributed by atoms with van der Waals surface area (Å²) in [6.07, 6.45) is 5.98. The standard InChI is InChI=1S/C22H18N3.Y/c1-17-21(15-19(16-23-17)18-9-5-3-6-10-18)22-24(2)13-14-25(22)20-11-7-4-8-12-20;/h3-9,11-14,16H,1-2H3;/q-1;. The smallest absolute Gasteiger partial charge is 0.230 e. The summed E-state index contributed by atoms with van der Waals surface area (Å²) in [6, 6.07) is 25.0. The summed E-state index contributed by atoms with van der Waals surface area (Å²) < 4.78 is 4.27. The summed E-state index contributed by atoms with van der Waals surface area (Å²) in [6.45, 7) is 2.02. The van der Waals surface area contributed by atoms with E-state index in [1.807, 2.05) is 62.6 Å². The molecule has 0 aliphatic carbocycles. The zero-order chi connectivity index (χ0) is 17.2. The predicted molar refractivity (Wildman–Crippen MR) is 98.0 cm³/mol. The van der Waals surface area contributed by atoms with Crippen molar-refractivity contribution in [1.29, 1.82) is 0 Å². The fourth-order valence-electron chi connectivity index (χ4n) is 2.97. The van der Waals surface area contributed by atoms with Gasteiger partial charge >= 0.3 is 0 Å². The minimum absolute atomic E-state index is 0. The molecule has 0 atom stereocenters. The van der Waals surface area contributed by atoms with Crippen molar-refractivity contribution in [3.63, 3.8) is 0 Å². The van der Waals surface area contributed by atoms with Gasteiger partial charge in [-0.15, -0.1) is 6.07 Å². The zero-order valence-corrected chi connectivity index (χ0v) is 17.7. The topological polar surface area (TPSA) is 21.7 Å². The monoisotopic (exact) mass is 413 g/mol. The first-order chi connectivity index (χ1) is 12.2. The van der Waals surface area contributed by atoms with E-state index in [1.54, 1.807) is 0 Å². The fraction of sp³-hybridized carbons (Fsp3) is 0.0909. The van der Waals surface area contributed by atoms with Gasteiger partial charge in [0.2, 0.25) is 5.82 Å². The van der Waals surface area contributed by atoms with E-state index in [4.69, 9.17) is 0 Å². The van der Waals surface area contributed by atoms with Gasteiger partial charge in [0.05, 0.1) is 7.05 Å². The molecule has 2 aromatic carbocycles. The average Bonchev–Trinajstić information content (AvgIpc) is 3.05. The Balaban J connectivity index is 0.00000196. The molecule has 4 heteroatoms. The molecule has 0 aliphatic heterocycles. The third kappa shape index (κ3) is 3.55. The number of pyridine rings is 1. The third-order valence-corrected chi connectivity index (χ3v) is 4.27. The molecule has 0 N–H and O–H groups in total. The van der Waals surface area contributed by atoms with Crippen molar-refractivity contribution in [2.75, 3.05) is 0 Å². The Kier molecular flexibility index (Phi) is 5.80. The van der Waals surface area contributed by atoms with Crippen LogP contribution in [0.3, 0.4) is 0 Å². The van der Waals surface area contributed by atoms with Crippen molar-refractivity contribution < 1.29 is 37.3 Å². The predicted octanol–water partition coefficient (Wildman–Crippen LogP) is 3.94. The van der Waals surface area contributed by atoms with Gasteiger partial charge in [-0.3, -0.25) is 4.57 Å². The first-order valence-electron chi connectivity index (χ1n) is 8.23. The molecule has 4 rings (SSSR count). The second kappa shape index (κ2) is 8.07. The normalized spacial score (nSPS) is 10.4. The van der Waals surface area contributed by atoms with Crippen molar-refractivity contribution in [2.24, 2.45) is 7.05 Å². The maximum Gasteiger partial charge on any atom is 0.230 e. The van der Waals surface area contributed by atoms with E-state index in [0.717, 1.165) is 33.9 Å². The maximum absolute atomic E-state index is 4.61. The minimum Gasteiger partial charge on any atom is -0.347 e. The second-order valence-corrected chi connectivity index (χ2v) is 5.97. The summed E-state index contributed by atoms with van der Waals surface area (Å²) in [7, 11) is 2.05. The Morgan fingerprint density at radius 1 is 1.00 bits per heavy atom. The number of aromatic nitrogens is 3. The van der Waals surface area contributed by atoms with Crippen LogP contribution in [-0.4, -0.2) is 9.55 Å². The molecular formula is C22H18N3Y-. The molecule has 1 radical (unpaired) electrons. The molecule has 0 saturated carbocycles. The number of hydrogen-bond donors (Lipinski definition) is 0. The van der Waals surface area contributed by atoms with Crippen LogP contribution in [0.25, 0.3) is 28.2 Å². The van der Waals surface area contributed by atoms with Crippen molar-refractivity contribution in [1.82, 2.24) is 9.55 Å². The van der Waals surface area contributed by atoms with E-state index < -0.39 is 0 Å². The van der Waals surface area contributed by atoms with Gasteiger partial charge in [-0.05, 0) is 23.4 Å². The van der Waals surface area contributed by atoms with Gasteiger partial charge < -0.3 is 4.98 Å². The molecular weight excluding hydrogens is 395 g/mol. The first kappa shape index (κ1) is 18.7. The first-order valence-corrected chi connectivity index (χ1v) is 8.23. The minimum atomic E-state index is 0. The summed E-state index contributed by atoms with van der Waals surface area (Å²) in [5, 5.41) is 0. The Bertz CT molecular complexity index is 1010. The van der Waals surface area contributed by atoms with Crippen molar-refractivity contribution in [3.05, 3.63) is 91.0 Å². The van der Waals surface area contributed by atoms with E-state index in [9.17, 15) is 0 Å². The Hall–Kier alpha value is -2.10. The van der Waals surface area contributed by atoms with Crippen molar-refractivity contribution in [3.8, 4) is 28.2 Å². The van der Waals surface area contributed by atoms with Crippen LogP contribution in [0.1, 0.15) is 5.69 Å². The average molecular weight is 413 g/mol. The quantitative estimate of drug-likeness (QED) is 0.369. The van der Waals surface area contributed by atoms with E-state index in [1.165, 1.54) is 0 Å². The molecule has 2 aromatic heterocycles. The van der Waals surface area contributed by atoms with Gasteiger partial charge in [0.15, 0.2) is 0 Å². The van der Waals surface area contributed by atoms with Crippen LogP contribution in [0, 0.1) is 19.1 Å². The van der Waals surface area contributed by atoms with Crippen LogP contribution in [0.2, 0.25) is 0 Å². The Morgan fingerprint density at radius 2 is 1.77 bits per heavy atom. The zero-order valence-electron chi connectivity index (χ0n) is 14.8. The van der Waals surface area contributed by atoms with Crippen LogP contribution in [0.5, 0.6) is 0 Å². The number of imidazole rings is 1. The van der Waals surface area contributed by atoms with Gasteiger partial charge in [0.25, 0.3) is 0 Å². The van der Waals surface area contributed by atoms with Crippen LogP contribution in [-0.2, 0) is 39.8 Å². The molecule has 0 bridgehead atoms. The van der Waals surface area contributed by atoms with E-state index >= 15 is 0 Å². The number of aryl methyl sites for hydroxylation is 2. The van der Waals surface area contributed by atoms with Crippen LogP contribution in [0.4, 0.5) is 0 Å². The third-order valence-electron chi connectivity index (χ3n) is 4.27. The number of para-hydroxylation sites is 1. The molecule has 0 saturated heterocycles. The van der Waals surface area contributed by atoms with Crippen LogP contribution < -0.4 is 4.57 Å². The number of rotatable bonds is 3. The van der Waals surface area contributed by atoms with Gasteiger partial charge in [-0.1, -0.05) is 31.3 Å². The molecule has 4 aromatic rings. The van der Waals surface area contributed by atoms with Crippen molar-refractivity contribution >= 4 is 0 Å². The molecule has 0 aliphatic rings. The molecule has 2 heterocycles. The summed E-state index contributed by atoms with van der Waals surface area (Å²) >= 11 is 0. The van der Waals surface area contributed by atoms with Gasteiger partial charge in [-0.25, -0.2) is 10.1 Å². The molecule has 0 unspecified atom stereocenters. The van der Waals surface area contributed by atoms with Crippen LogP contribution in [0.15, 0.2) is 73.2 Å². The van der Waals surface area contributed by atoms with Gasteiger partial charge in [0, 0.05) is 32.7 Å². The van der Waals surface area contributed by atoms with E-state index in [2.05, 4.69) is 50.8 Å². The fourth-order valence-corrected chi connectivity index (χ4v) is 2.97. The largest absolute Gasteiger partial charge is 0.347 e. The summed E-state index contributed by atoms with van der Waals surface area (Å²) in [4.78, 5) is 4.61. The summed E-state index contributed by atoms with van der Waals surface area (Å²) in [5.41, 5.74) is 5.00. The van der Waals surface area contributed by atoms with Gasteiger partial charge in [0.1, 0.15) is 18.1 Å². The van der Waals surface area contributed by atoms with Crippen LogP contribution >= 0.6 is 0 Å². The van der Waals surface area contributed by atoms with Gasteiger partial charge in [-0.2, -0.15) is 35.9 Å². The van der Waals surface area contributed by atoms with E-state index in [0.29, 0.717) is 0 Å². The molecule has 0 amide bonds. The Morgan fingerprint density at radius 3 is 2.50 bits per heavy atom. The molecule has 3 nitrogen and oxygen atoms in total. The molecule has 26 heavy (non-hydrogen) atoms. The molecule has 0 fully saturated rings. The second-order valence-electron chi connectivity index (χ2n) is 5.97. The summed E-state index contributed by atoms with van der Waals surface area (Å²) in [5.74, 6) is 1.05. The van der Waals surface area contributed by atoms with Crippen molar-refractivity contribution in [2.45, 2.75) is 6.92 Å². The molecule has 125 valence electrons. The van der Waals surface area contributed by atoms with E-state index in [-0.39, 0.29) is 32.7 Å². The number of hydrogen-bond acceptors (Lipinski definition) is 1. The maximum atomic E-state index is 4.61.